The first kappa shape index (κ1) is 13.5. The normalized spacial score (nSPS) is 22.9. The van der Waals surface area contributed by atoms with Gasteiger partial charge in [0.15, 0.2) is 0 Å². The first-order chi connectivity index (χ1) is 7.31. The molecule has 5 heteroatoms. The van der Waals surface area contributed by atoms with Crippen molar-refractivity contribution in [3.05, 3.63) is 0 Å². The number of carbonyl (C=O) groups excluding carboxylic acids is 2. The molecule has 1 aliphatic heterocycles. The van der Waals surface area contributed by atoms with Crippen molar-refractivity contribution in [3.8, 4) is 0 Å². The highest BCUT2D eigenvalue weighted by atomic mass is 79.9. The lowest BCUT2D eigenvalue weighted by atomic mass is 10.2. The Morgan fingerprint density at radius 2 is 2.06 bits per heavy atom. The predicted octanol–water partition coefficient (Wildman–Crippen LogP) is 2.70. The largest absolute Gasteiger partial charge is 0.443 e. The maximum Gasteiger partial charge on any atom is 0.417 e. The molecular weight excluding hydrogens is 274 g/mol. The molecule has 0 bridgehead atoms. The summed E-state index contributed by atoms with van der Waals surface area (Å²) < 4.78 is 5.20. The highest BCUT2D eigenvalue weighted by molar-refractivity contribution is 9.10. The molecule has 0 aromatic heterocycles. The molecule has 92 valence electrons. The van der Waals surface area contributed by atoms with Crippen LogP contribution >= 0.6 is 15.9 Å². The second-order valence-corrected chi connectivity index (χ2v) is 6.04. The summed E-state index contributed by atoms with van der Waals surface area (Å²) in [4.78, 5) is 24.6. The zero-order valence-electron chi connectivity index (χ0n) is 9.96. The van der Waals surface area contributed by atoms with E-state index in [9.17, 15) is 9.59 Å². The molecule has 1 rings (SSSR count). The van der Waals surface area contributed by atoms with Crippen LogP contribution in [0.3, 0.4) is 0 Å². The molecule has 1 saturated heterocycles. The average molecular weight is 292 g/mol. The van der Waals surface area contributed by atoms with Gasteiger partial charge >= 0.3 is 6.09 Å². The summed E-state index contributed by atoms with van der Waals surface area (Å²) in [6, 6.07) is 0. The third-order valence-corrected chi connectivity index (χ3v) is 3.09. The van der Waals surface area contributed by atoms with Gasteiger partial charge in [-0.25, -0.2) is 9.69 Å². The number of likely N-dealkylation sites (tertiary alicyclic amines) is 1. The number of hydrogen-bond donors (Lipinski definition) is 0. The summed E-state index contributed by atoms with van der Waals surface area (Å²) in [5.74, 6) is -0.188. The van der Waals surface area contributed by atoms with Crippen molar-refractivity contribution < 1.29 is 14.3 Å². The highest BCUT2D eigenvalue weighted by Crippen LogP contribution is 2.20. The number of carbonyl (C=O) groups is 2. The number of nitrogens with zero attached hydrogens (tertiary/aromatic N) is 1. The Morgan fingerprint density at radius 1 is 1.44 bits per heavy atom. The van der Waals surface area contributed by atoms with Crippen LogP contribution in [0.15, 0.2) is 0 Å². The van der Waals surface area contributed by atoms with Gasteiger partial charge in [-0.15, -0.1) is 0 Å². The van der Waals surface area contributed by atoms with Crippen molar-refractivity contribution in [2.45, 2.75) is 50.5 Å². The van der Waals surface area contributed by atoms with Crippen LogP contribution in [0.2, 0.25) is 0 Å². The number of alkyl halides is 1. The van der Waals surface area contributed by atoms with E-state index >= 15 is 0 Å². The zero-order chi connectivity index (χ0) is 12.3. The Labute approximate surface area is 104 Å². The van der Waals surface area contributed by atoms with Crippen LogP contribution in [-0.4, -0.2) is 33.9 Å². The van der Waals surface area contributed by atoms with E-state index in [2.05, 4.69) is 15.9 Å². The number of amides is 2. The minimum atomic E-state index is -0.564. The van der Waals surface area contributed by atoms with E-state index in [1.807, 2.05) is 0 Å². The van der Waals surface area contributed by atoms with Gasteiger partial charge in [-0.05, 0) is 33.6 Å². The molecule has 0 saturated carbocycles. The standard InChI is InChI=1S/C11H18BrNO3/c1-11(2,3)16-10(15)13-7-5-4-6-8(12)9(13)14/h8H,4-7H2,1-3H3. The summed E-state index contributed by atoms with van der Waals surface area (Å²) in [5, 5.41) is 0. The molecule has 0 radical (unpaired) electrons. The van der Waals surface area contributed by atoms with Gasteiger partial charge in [0.25, 0.3) is 0 Å². The van der Waals surface area contributed by atoms with E-state index in [1.54, 1.807) is 20.8 Å². The van der Waals surface area contributed by atoms with Gasteiger partial charge in [0.2, 0.25) is 5.91 Å². The predicted molar refractivity (Wildman–Crippen MR) is 64.5 cm³/mol. The van der Waals surface area contributed by atoms with Crippen molar-refractivity contribution in [2.75, 3.05) is 6.54 Å². The quantitative estimate of drug-likeness (QED) is 0.645. The fourth-order valence-corrected chi connectivity index (χ4v) is 2.07. The maximum absolute atomic E-state index is 11.9. The first-order valence-electron chi connectivity index (χ1n) is 5.50. The number of hydrogen-bond acceptors (Lipinski definition) is 3. The average Bonchev–Trinajstić information content (AvgIpc) is 2.27. The van der Waals surface area contributed by atoms with Gasteiger partial charge in [-0.2, -0.15) is 0 Å². The van der Waals surface area contributed by atoms with Gasteiger partial charge in [0.1, 0.15) is 5.60 Å². The summed E-state index contributed by atoms with van der Waals surface area (Å²) in [6.07, 6.45) is 2.02. The zero-order valence-corrected chi connectivity index (χ0v) is 11.5. The second kappa shape index (κ2) is 5.17. The van der Waals surface area contributed by atoms with Gasteiger partial charge in [-0.1, -0.05) is 22.4 Å². The molecule has 1 aliphatic rings. The van der Waals surface area contributed by atoms with Gasteiger partial charge in [-0.3, -0.25) is 4.79 Å². The Bertz CT molecular complexity index is 285. The Hall–Kier alpha value is -0.580. The Morgan fingerprint density at radius 3 is 2.62 bits per heavy atom. The highest BCUT2D eigenvalue weighted by Gasteiger charge is 2.32. The third kappa shape index (κ3) is 3.77. The topological polar surface area (TPSA) is 46.6 Å². The molecule has 1 atom stereocenters. The van der Waals surface area contributed by atoms with Crippen LogP contribution in [0.1, 0.15) is 40.0 Å². The fraction of sp³-hybridized carbons (Fsp3) is 0.818. The molecule has 0 aliphatic carbocycles. The molecule has 1 unspecified atom stereocenters. The summed E-state index contributed by atoms with van der Waals surface area (Å²) in [6.45, 7) is 5.83. The SMILES string of the molecule is CC(C)(C)OC(=O)N1CCCCC(Br)C1=O. The summed E-state index contributed by atoms with van der Waals surface area (Å²) in [5.41, 5.74) is -0.564. The third-order valence-electron chi connectivity index (χ3n) is 2.24. The lowest BCUT2D eigenvalue weighted by Gasteiger charge is -2.25. The minimum absolute atomic E-state index is 0.188. The molecule has 4 nitrogen and oxygen atoms in total. The van der Waals surface area contributed by atoms with Crippen LogP contribution in [-0.2, 0) is 9.53 Å². The smallest absolute Gasteiger partial charge is 0.417 e. The van der Waals surface area contributed by atoms with Crippen LogP contribution < -0.4 is 0 Å². The maximum atomic E-state index is 11.9. The van der Waals surface area contributed by atoms with E-state index in [4.69, 9.17) is 4.74 Å². The van der Waals surface area contributed by atoms with Crippen molar-refractivity contribution in [1.29, 1.82) is 0 Å². The van der Waals surface area contributed by atoms with Crippen molar-refractivity contribution in [3.63, 3.8) is 0 Å². The molecule has 2 amide bonds. The lowest BCUT2D eigenvalue weighted by Crippen LogP contribution is -2.43. The van der Waals surface area contributed by atoms with Gasteiger partial charge in [0, 0.05) is 6.54 Å². The molecule has 16 heavy (non-hydrogen) atoms. The van der Waals surface area contributed by atoms with Crippen LogP contribution in [0.5, 0.6) is 0 Å². The minimum Gasteiger partial charge on any atom is -0.443 e. The summed E-state index contributed by atoms with van der Waals surface area (Å²) in [7, 11) is 0. The Balaban J connectivity index is 2.69. The van der Waals surface area contributed by atoms with Crippen LogP contribution in [0.25, 0.3) is 0 Å². The summed E-state index contributed by atoms with van der Waals surface area (Å²) >= 11 is 3.29. The Kier molecular flexibility index (Phi) is 4.35. The second-order valence-electron chi connectivity index (χ2n) is 4.93. The lowest BCUT2D eigenvalue weighted by molar-refractivity contribution is -0.129. The van der Waals surface area contributed by atoms with E-state index < -0.39 is 11.7 Å². The van der Waals surface area contributed by atoms with Crippen LogP contribution in [0, 0.1) is 0 Å². The molecule has 0 aromatic carbocycles. The van der Waals surface area contributed by atoms with Crippen molar-refractivity contribution in [1.82, 2.24) is 4.90 Å². The molecular formula is C11H18BrNO3. The number of halogens is 1. The molecule has 1 heterocycles. The van der Waals surface area contributed by atoms with Gasteiger partial charge < -0.3 is 4.74 Å². The molecule has 0 aromatic rings. The number of rotatable bonds is 0. The monoisotopic (exact) mass is 291 g/mol. The molecule has 0 spiro atoms. The van der Waals surface area contributed by atoms with E-state index in [0.29, 0.717) is 6.54 Å². The molecule has 1 fully saturated rings. The van der Waals surface area contributed by atoms with Crippen LogP contribution in [0.4, 0.5) is 4.79 Å². The van der Waals surface area contributed by atoms with Crippen molar-refractivity contribution >= 4 is 27.9 Å². The van der Waals surface area contributed by atoms with E-state index in [-0.39, 0.29) is 10.7 Å². The van der Waals surface area contributed by atoms with Crippen molar-refractivity contribution in [2.24, 2.45) is 0 Å². The van der Waals surface area contributed by atoms with E-state index in [0.717, 1.165) is 19.3 Å². The first-order valence-corrected chi connectivity index (χ1v) is 6.41. The fourth-order valence-electron chi connectivity index (χ4n) is 1.49. The number of imide groups is 1. The molecule has 0 N–H and O–H groups in total. The van der Waals surface area contributed by atoms with Gasteiger partial charge in [0.05, 0.1) is 4.83 Å². The number of ether oxygens (including phenoxy) is 1. The van der Waals surface area contributed by atoms with E-state index in [1.165, 1.54) is 4.90 Å².